The number of carbonyl (C=O) groups excluding carboxylic acids is 2. The minimum atomic E-state index is -0.385. The molecule has 1 aromatic carbocycles. The summed E-state index contributed by atoms with van der Waals surface area (Å²) in [7, 11) is 0. The van der Waals surface area contributed by atoms with Crippen molar-refractivity contribution < 1.29 is 9.59 Å². The molecule has 2 fully saturated rings. The molecule has 3 rings (SSSR count). The van der Waals surface area contributed by atoms with E-state index in [-0.39, 0.29) is 23.2 Å². The molecule has 24 heavy (non-hydrogen) atoms. The molecular weight excluding hydrogens is 322 g/mol. The SMILES string of the molecule is CC1CN(Cc2ccccc2)CC(C)C1NC(=O)C1CSC(=O)N1. The number of nitrogens with zero attached hydrogens (tertiary/aromatic N) is 1. The maximum Gasteiger partial charge on any atom is 0.279 e. The lowest BCUT2D eigenvalue weighted by molar-refractivity contribution is -0.124. The summed E-state index contributed by atoms with van der Waals surface area (Å²) in [4.78, 5) is 26.1. The van der Waals surface area contributed by atoms with E-state index in [4.69, 9.17) is 0 Å². The van der Waals surface area contributed by atoms with E-state index in [0.29, 0.717) is 17.6 Å². The largest absolute Gasteiger partial charge is 0.351 e. The molecule has 6 heteroatoms. The Bertz CT molecular complexity index is 583. The third kappa shape index (κ3) is 4.11. The molecule has 5 nitrogen and oxygen atoms in total. The molecule has 1 aromatic rings. The second-order valence-corrected chi connectivity index (χ2v) is 7.96. The Balaban J connectivity index is 1.55. The maximum absolute atomic E-state index is 12.4. The Kier molecular flexibility index (Phi) is 5.46. The first kappa shape index (κ1) is 17.3. The Morgan fingerprint density at radius 3 is 2.50 bits per heavy atom. The standard InChI is InChI=1S/C18H25N3O2S/c1-12-8-21(10-14-6-4-3-5-7-14)9-13(2)16(12)20-17(22)15-11-24-18(23)19-15/h3-7,12-13,15-16H,8-11H2,1-2H3,(H,19,23)(H,20,22). The Morgan fingerprint density at radius 2 is 1.92 bits per heavy atom. The van der Waals surface area contributed by atoms with Gasteiger partial charge < -0.3 is 10.6 Å². The van der Waals surface area contributed by atoms with E-state index in [0.717, 1.165) is 19.6 Å². The first-order valence-electron chi connectivity index (χ1n) is 8.53. The molecule has 0 bridgehead atoms. The number of amides is 2. The minimum absolute atomic E-state index is 0.0476. The van der Waals surface area contributed by atoms with Gasteiger partial charge in [-0.15, -0.1) is 0 Å². The van der Waals surface area contributed by atoms with Gasteiger partial charge in [0.1, 0.15) is 6.04 Å². The summed E-state index contributed by atoms with van der Waals surface area (Å²) < 4.78 is 0. The Labute approximate surface area is 147 Å². The first-order chi connectivity index (χ1) is 11.5. The van der Waals surface area contributed by atoms with Gasteiger partial charge in [-0.3, -0.25) is 14.5 Å². The molecule has 3 unspecified atom stereocenters. The van der Waals surface area contributed by atoms with Crippen LogP contribution in [0.2, 0.25) is 0 Å². The van der Waals surface area contributed by atoms with E-state index in [1.807, 2.05) is 6.07 Å². The number of likely N-dealkylation sites (tertiary alicyclic amines) is 1. The van der Waals surface area contributed by atoms with Gasteiger partial charge in [0.15, 0.2) is 0 Å². The van der Waals surface area contributed by atoms with Crippen molar-refractivity contribution in [1.29, 1.82) is 0 Å². The predicted molar refractivity (Wildman–Crippen MR) is 96.8 cm³/mol. The number of rotatable bonds is 4. The van der Waals surface area contributed by atoms with E-state index in [1.54, 1.807) is 0 Å². The lowest BCUT2D eigenvalue weighted by Crippen LogP contribution is -2.57. The zero-order valence-corrected chi connectivity index (χ0v) is 15.0. The van der Waals surface area contributed by atoms with Crippen LogP contribution in [0.25, 0.3) is 0 Å². The summed E-state index contributed by atoms with van der Waals surface area (Å²) in [6.45, 7) is 7.28. The van der Waals surface area contributed by atoms with E-state index in [1.165, 1.54) is 17.3 Å². The minimum Gasteiger partial charge on any atom is -0.351 e. The second kappa shape index (κ2) is 7.57. The molecule has 0 aromatic heterocycles. The van der Waals surface area contributed by atoms with E-state index in [9.17, 15) is 9.59 Å². The van der Waals surface area contributed by atoms with Gasteiger partial charge in [0, 0.05) is 31.4 Å². The van der Waals surface area contributed by atoms with Gasteiger partial charge in [-0.25, -0.2) is 0 Å². The van der Waals surface area contributed by atoms with E-state index in [2.05, 4.69) is 53.6 Å². The van der Waals surface area contributed by atoms with Crippen LogP contribution < -0.4 is 10.6 Å². The second-order valence-electron chi connectivity index (χ2n) is 6.96. The average molecular weight is 347 g/mol. The van der Waals surface area contributed by atoms with Crippen LogP contribution in [0.5, 0.6) is 0 Å². The predicted octanol–water partition coefficient (Wildman–Crippen LogP) is 2.08. The fraction of sp³-hybridized carbons (Fsp3) is 0.556. The number of hydrogen-bond acceptors (Lipinski definition) is 4. The van der Waals surface area contributed by atoms with Crippen molar-refractivity contribution in [3.63, 3.8) is 0 Å². The smallest absolute Gasteiger partial charge is 0.279 e. The topological polar surface area (TPSA) is 61.4 Å². The van der Waals surface area contributed by atoms with Crippen LogP contribution in [0.4, 0.5) is 4.79 Å². The van der Waals surface area contributed by atoms with Gasteiger partial charge in [0.05, 0.1) is 0 Å². The van der Waals surface area contributed by atoms with Crippen molar-refractivity contribution >= 4 is 22.9 Å². The van der Waals surface area contributed by atoms with Crippen LogP contribution in [0, 0.1) is 11.8 Å². The third-order valence-corrected chi connectivity index (χ3v) is 5.75. The van der Waals surface area contributed by atoms with Gasteiger partial charge in [0.25, 0.3) is 5.24 Å². The van der Waals surface area contributed by atoms with Gasteiger partial charge in [-0.1, -0.05) is 55.9 Å². The van der Waals surface area contributed by atoms with Crippen LogP contribution in [-0.4, -0.2) is 47.0 Å². The molecule has 2 aliphatic heterocycles. The highest BCUT2D eigenvalue weighted by molar-refractivity contribution is 8.14. The fourth-order valence-electron chi connectivity index (χ4n) is 3.72. The molecule has 2 amide bonds. The van der Waals surface area contributed by atoms with Crippen LogP contribution in [0.15, 0.2) is 30.3 Å². The zero-order chi connectivity index (χ0) is 17.1. The molecule has 2 saturated heterocycles. The van der Waals surface area contributed by atoms with E-state index >= 15 is 0 Å². The normalized spacial score (nSPS) is 30.8. The number of thioether (sulfide) groups is 1. The quantitative estimate of drug-likeness (QED) is 0.875. The molecule has 2 heterocycles. The summed E-state index contributed by atoms with van der Waals surface area (Å²) >= 11 is 1.18. The van der Waals surface area contributed by atoms with Crippen LogP contribution in [0.3, 0.4) is 0 Å². The fourth-order valence-corrected chi connectivity index (χ4v) is 4.50. The number of hydrogen-bond donors (Lipinski definition) is 2. The number of carbonyl (C=O) groups is 2. The van der Waals surface area contributed by atoms with Crippen LogP contribution in [-0.2, 0) is 11.3 Å². The first-order valence-corrected chi connectivity index (χ1v) is 9.51. The third-order valence-electron chi connectivity index (χ3n) is 4.87. The maximum atomic E-state index is 12.4. The highest BCUT2D eigenvalue weighted by Gasteiger charge is 2.36. The van der Waals surface area contributed by atoms with Crippen LogP contribution in [0.1, 0.15) is 19.4 Å². The molecule has 0 aliphatic carbocycles. The molecule has 3 atom stereocenters. The Hall–Kier alpha value is -1.53. The van der Waals surface area contributed by atoms with Gasteiger partial charge in [-0.05, 0) is 17.4 Å². The molecule has 2 aliphatic rings. The number of piperidine rings is 1. The van der Waals surface area contributed by atoms with E-state index < -0.39 is 0 Å². The summed E-state index contributed by atoms with van der Waals surface area (Å²) in [5.41, 5.74) is 1.32. The Morgan fingerprint density at radius 1 is 1.25 bits per heavy atom. The van der Waals surface area contributed by atoms with Gasteiger partial charge in [-0.2, -0.15) is 0 Å². The van der Waals surface area contributed by atoms with Crippen molar-refractivity contribution in [2.75, 3.05) is 18.8 Å². The van der Waals surface area contributed by atoms with Crippen molar-refractivity contribution in [3.8, 4) is 0 Å². The molecule has 0 spiro atoms. The lowest BCUT2D eigenvalue weighted by atomic mass is 9.85. The average Bonchev–Trinajstić information content (AvgIpc) is 2.98. The summed E-state index contributed by atoms with van der Waals surface area (Å²) in [6.07, 6.45) is 0. The van der Waals surface area contributed by atoms with Crippen molar-refractivity contribution in [2.45, 2.75) is 32.5 Å². The highest BCUT2D eigenvalue weighted by Crippen LogP contribution is 2.24. The molecular formula is C18H25N3O2S. The molecule has 0 saturated carbocycles. The monoisotopic (exact) mass is 347 g/mol. The van der Waals surface area contributed by atoms with Crippen LogP contribution >= 0.6 is 11.8 Å². The van der Waals surface area contributed by atoms with Gasteiger partial charge in [0.2, 0.25) is 5.91 Å². The van der Waals surface area contributed by atoms with Crippen molar-refractivity contribution in [1.82, 2.24) is 15.5 Å². The molecule has 130 valence electrons. The summed E-state index contributed by atoms with van der Waals surface area (Å²) in [6, 6.07) is 10.3. The van der Waals surface area contributed by atoms with Crippen molar-refractivity contribution in [2.24, 2.45) is 11.8 Å². The highest BCUT2D eigenvalue weighted by atomic mass is 32.2. The van der Waals surface area contributed by atoms with Crippen molar-refractivity contribution in [3.05, 3.63) is 35.9 Å². The molecule has 0 radical (unpaired) electrons. The number of nitrogens with one attached hydrogen (secondary N) is 2. The molecule has 2 N–H and O–H groups in total. The number of benzene rings is 1. The lowest BCUT2D eigenvalue weighted by Gasteiger charge is -2.42. The zero-order valence-electron chi connectivity index (χ0n) is 14.2. The van der Waals surface area contributed by atoms with Gasteiger partial charge >= 0.3 is 0 Å². The summed E-state index contributed by atoms with van der Waals surface area (Å²) in [5.74, 6) is 1.24. The summed E-state index contributed by atoms with van der Waals surface area (Å²) in [5, 5.41) is 5.78.